The first kappa shape index (κ1) is 16.5. The molecule has 1 N–H and O–H groups in total. The Labute approximate surface area is 129 Å². The highest BCUT2D eigenvalue weighted by atomic mass is 16.5. The fourth-order valence-corrected chi connectivity index (χ4v) is 2.98. The molecule has 3 nitrogen and oxygen atoms in total. The number of unbranched alkanes of at least 4 members (excludes halogenated alkanes) is 1. The van der Waals surface area contributed by atoms with Crippen molar-refractivity contribution in [2.45, 2.75) is 44.6 Å². The number of ether oxygens (including phenoxy) is 2. The van der Waals surface area contributed by atoms with E-state index in [4.69, 9.17) is 9.47 Å². The lowest BCUT2D eigenvalue weighted by Crippen LogP contribution is -2.23. The molecule has 0 radical (unpaired) electrons. The molecule has 0 heterocycles. The van der Waals surface area contributed by atoms with Crippen molar-refractivity contribution in [1.82, 2.24) is 5.32 Å². The number of nitrogens with one attached hydrogen (secondary N) is 1. The van der Waals surface area contributed by atoms with Gasteiger partial charge in [0.05, 0.1) is 13.2 Å². The number of aryl methyl sites for hydroxylation is 1. The molecule has 1 aromatic carbocycles. The van der Waals surface area contributed by atoms with Crippen molar-refractivity contribution in [2.24, 2.45) is 0 Å². The Morgan fingerprint density at radius 3 is 2.90 bits per heavy atom. The minimum Gasteiger partial charge on any atom is -0.382 e. The van der Waals surface area contributed by atoms with E-state index < -0.39 is 0 Å². The average molecular weight is 291 g/mol. The van der Waals surface area contributed by atoms with E-state index in [-0.39, 0.29) is 0 Å². The number of fused-ring (bicyclic) bond motifs is 1. The molecule has 2 rings (SSSR count). The van der Waals surface area contributed by atoms with Crippen LogP contribution in [0.1, 0.15) is 49.3 Å². The Hall–Kier alpha value is -0.900. The van der Waals surface area contributed by atoms with Gasteiger partial charge in [-0.1, -0.05) is 30.7 Å². The van der Waals surface area contributed by atoms with E-state index in [1.165, 1.54) is 43.2 Å². The molecule has 0 spiro atoms. The Kier molecular flexibility index (Phi) is 7.79. The third kappa shape index (κ3) is 5.77. The largest absolute Gasteiger partial charge is 0.382 e. The number of rotatable bonds is 9. The summed E-state index contributed by atoms with van der Waals surface area (Å²) in [7, 11) is 1.71. The zero-order valence-electron chi connectivity index (χ0n) is 13.3. The van der Waals surface area contributed by atoms with Gasteiger partial charge in [-0.2, -0.15) is 0 Å². The first-order valence-corrected chi connectivity index (χ1v) is 8.29. The molecular weight excluding hydrogens is 262 g/mol. The van der Waals surface area contributed by atoms with Crippen molar-refractivity contribution in [2.75, 3.05) is 33.5 Å². The summed E-state index contributed by atoms with van der Waals surface area (Å²) in [6.45, 7) is 3.32. The van der Waals surface area contributed by atoms with Gasteiger partial charge in [0.25, 0.3) is 0 Å². The van der Waals surface area contributed by atoms with Gasteiger partial charge in [-0.3, -0.25) is 0 Å². The number of hydrogen-bond donors (Lipinski definition) is 1. The highest BCUT2D eigenvalue weighted by Gasteiger charge is 2.17. The zero-order chi connectivity index (χ0) is 14.8. The highest BCUT2D eigenvalue weighted by Crippen LogP contribution is 2.28. The van der Waals surface area contributed by atoms with E-state index in [0.717, 1.165) is 19.6 Å². The fourth-order valence-electron chi connectivity index (χ4n) is 2.98. The highest BCUT2D eigenvalue weighted by molar-refractivity contribution is 5.31. The van der Waals surface area contributed by atoms with E-state index in [9.17, 15) is 0 Å². The van der Waals surface area contributed by atoms with Crippen molar-refractivity contribution in [3.8, 4) is 0 Å². The smallest absolute Gasteiger partial charge is 0.0700 e. The summed E-state index contributed by atoms with van der Waals surface area (Å²) in [6, 6.07) is 9.46. The van der Waals surface area contributed by atoms with Crippen molar-refractivity contribution in [3.05, 3.63) is 35.4 Å². The summed E-state index contributed by atoms with van der Waals surface area (Å²) < 4.78 is 10.4. The molecule has 118 valence electrons. The number of methoxy groups -OCH3 is 1. The topological polar surface area (TPSA) is 30.5 Å². The van der Waals surface area contributed by atoms with Crippen LogP contribution in [0.5, 0.6) is 0 Å². The predicted octanol–water partition coefficient (Wildman–Crippen LogP) is 3.49. The summed E-state index contributed by atoms with van der Waals surface area (Å²) in [6.07, 6.45) is 7.44. The Balaban J connectivity index is 1.66. The van der Waals surface area contributed by atoms with Crippen LogP contribution < -0.4 is 5.32 Å². The van der Waals surface area contributed by atoms with Gasteiger partial charge in [-0.05, 0) is 49.8 Å². The summed E-state index contributed by atoms with van der Waals surface area (Å²) in [4.78, 5) is 0. The Bertz CT molecular complexity index is 395. The summed E-state index contributed by atoms with van der Waals surface area (Å²) in [5.41, 5.74) is 3.06. The second kappa shape index (κ2) is 9.93. The second-order valence-electron chi connectivity index (χ2n) is 5.76. The lowest BCUT2D eigenvalue weighted by molar-refractivity contribution is 0.0687. The van der Waals surface area contributed by atoms with Gasteiger partial charge in [0.1, 0.15) is 0 Å². The molecule has 3 heteroatoms. The third-order valence-electron chi connectivity index (χ3n) is 4.16. The van der Waals surface area contributed by atoms with Crippen LogP contribution in [0.25, 0.3) is 0 Å². The van der Waals surface area contributed by atoms with Crippen LogP contribution in [0.15, 0.2) is 24.3 Å². The lowest BCUT2D eigenvalue weighted by Gasteiger charge is -2.19. The maximum absolute atomic E-state index is 5.49. The molecule has 1 aliphatic carbocycles. The van der Waals surface area contributed by atoms with Gasteiger partial charge < -0.3 is 14.8 Å². The minimum atomic E-state index is 0.540. The molecule has 0 saturated carbocycles. The molecule has 1 aromatic rings. The molecule has 21 heavy (non-hydrogen) atoms. The lowest BCUT2D eigenvalue weighted by atomic mass is 9.99. The van der Waals surface area contributed by atoms with Crippen molar-refractivity contribution in [1.29, 1.82) is 0 Å². The third-order valence-corrected chi connectivity index (χ3v) is 4.16. The normalized spacial score (nSPS) is 18.2. The quantitative estimate of drug-likeness (QED) is 0.558. The van der Waals surface area contributed by atoms with Crippen LogP contribution in [0.4, 0.5) is 0 Å². The van der Waals surface area contributed by atoms with Crippen LogP contribution in [0.2, 0.25) is 0 Å². The zero-order valence-corrected chi connectivity index (χ0v) is 13.3. The van der Waals surface area contributed by atoms with Crippen molar-refractivity contribution in [3.63, 3.8) is 0 Å². The van der Waals surface area contributed by atoms with E-state index >= 15 is 0 Å². The molecule has 1 aliphatic rings. The SMILES string of the molecule is COCCOCCCCNC1CCCCc2ccccc21. The van der Waals surface area contributed by atoms with Gasteiger partial charge in [0.2, 0.25) is 0 Å². The monoisotopic (exact) mass is 291 g/mol. The summed E-state index contributed by atoms with van der Waals surface area (Å²) >= 11 is 0. The Morgan fingerprint density at radius 2 is 2.00 bits per heavy atom. The molecule has 0 aliphatic heterocycles. The van der Waals surface area contributed by atoms with Gasteiger partial charge in [-0.25, -0.2) is 0 Å². The van der Waals surface area contributed by atoms with Gasteiger partial charge in [0.15, 0.2) is 0 Å². The standard InChI is InChI=1S/C18H29NO2/c1-20-14-15-21-13-7-6-12-19-18-11-5-3-9-16-8-2-4-10-17(16)18/h2,4,8,10,18-19H,3,5-7,9,11-15H2,1H3. The first-order valence-electron chi connectivity index (χ1n) is 8.29. The fraction of sp³-hybridized carbons (Fsp3) is 0.667. The maximum Gasteiger partial charge on any atom is 0.0700 e. The molecule has 1 unspecified atom stereocenters. The predicted molar refractivity (Wildman–Crippen MR) is 86.7 cm³/mol. The van der Waals surface area contributed by atoms with Crippen LogP contribution >= 0.6 is 0 Å². The first-order chi connectivity index (χ1) is 10.4. The van der Waals surface area contributed by atoms with Gasteiger partial charge in [0, 0.05) is 19.8 Å². The van der Waals surface area contributed by atoms with E-state index in [0.29, 0.717) is 19.3 Å². The average Bonchev–Trinajstić information content (AvgIpc) is 2.72. The van der Waals surface area contributed by atoms with E-state index in [1.54, 1.807) is 7.11 Å². The Morgan fingerprint density at radius 1 is 1.10 bits per heavy atom. The van der Waals surface area contributed by atoms with Crippen molar-refractivity contribution >= 4 is 0 Å². The van der Waals surface area contributed by atoms with Crippen molar-refractivity contribution < 1.29 is 9.47 Å². The molecule has 1 atom stereocenters. The molecule has 0 fully saturated rings. The minimum absolute atomic E-state index is 0.540. The van der Waals surface area contributed by atoms with Crippen LogP contribution in [0, 0.1) is 0 Å². The maximum atomic E-state index is 5.49. The number of benzene rings is 1. The second-order valence-corrected chi connectivity index (χ2v) is 5.76. The number of hydrogen-bond acceptors (Lipinski definition) is 3. The van der Waals surface area contributed by atoms with Crippen LogP contribution in [0.3, 0.4) is 0 Å². The molecule has 0 saturated heterocycles. The summed E-state index contributed by atoms with van der Waals surface area (Å²) in [5, 5.41) is 3.74. The van der Waals surface area contributed by atoms with E-state index in [1.807, 2.05) is 0 Å². The van der Waals surface area contributed by atoms with Crippen LogP contribution in [-0.4, -0.2) is 33.5 Å². The molecule has 0 amide bonds. The van der Waals surface area contributed by atoms with E-state index in [2.05, 4.69) is 29.6 Å². The van der Waals surface area contributed by atoms with Crippen LogP contribution in [-0.2, 0) is 15.9 Å². The van der Waals surface area contributed by atoms with Gasteiger partial charge in [-0.15, -0.1) is 0 Å². The molecule has 0 aromatic heterocycles. The molecular formula is C18H29NO2. The van der Waals surface area contributed by atoms with Gasteiger partial charge >= 0.3 is 0 Å². The molecule has 0 bridgehead atoms. The summed E-state index contributed by atoms with van der Waals surface area (Å²) in [5.74, 6) is 0.